The first-order valence-electron chi connectivity index (χ1n) is 8.58. The minimum atomic E-state index is -4.40. The third kappa shape index (κ3) is 4.11. The normalized spacial score (nSPS) is 16.6. The molecule has 0 amide bonds. The molecule has 1 fully saturated rings. The van der Waals surface area contributed by atoms with Gasteiger partial charge in [-0.05, 0) is 55.3 Å². The Morgan fingerprint density at radius 2 is 1.56 bits per heavy atom. The highest BCUT2D eigenvalue weighted by Gasteiger charge is 2.32. The second kappa shape index (κ2) is 7.16. The van der Waals surface area contributed by atoms with Crippen LogP contribution in [-0.4, -0.2) is 38.9 Å². The van der Waals surface area contributed by atoms with Gasteiger partial charge in [-0.15, -0.1) is 0 Å². The van der Waals surface area contributed by atoms with E-state index in [9.17, 15) is 21.6 Å². The van der Waals surface area contributed by atoms with E-state index in [0.29, 0.717) is 18.8 Å². The van der Waals surface area contributed by atoms with Gasteiger partial charge in [0.15, 0.2) is 0 Å². The van der Waals surface area contributed by atoms with Gasteiger partial charge in [-0.25, -0.2) is 8.42 Å². The van der Waals surface area contributed by atoms with Crippen molar-refractivity contribution in [2.45, 2.75) is 24.9 Å². The number of aryl methyl sites for hydroxylation is 2. The molecule has 0 bridgehead atoms. The second-order valence-electron chi connectivity index (χ2n) is 6.69. The van der Waals surface area contributed by atoms with Crippen LogP contribution in [0.15, 0.2) is 47.4 Å². The van der Waals surface area contributed by atoms with Crippen LogP contribution in [-0.2, 0) is 16.2 Å². The van der Waals surface area contributed by atoms with Crippen molar-refractivity contribution in [2.24, 2.45) is 0 Å². The molecule has 0 radical (unpaired) electrons. The zero-order chi connectivity index (χ0) is 19.8. The van der Waals surface area contributed by atoms with E-state index in [-0.39, 0.29) is 18.0 Å². The summed E-state index contributed by atoms with van der Waals surface area (Å²) in [5, 5.41) is 0. The van der Waals surface area contributed by atoms with Gasteiger partial charge in [0.1, 0.15) is 0 Å². The summed E-state index contributed by atoms with van der Waals surface area (Å²) in [5.74, 6) is 0. The summed E-state index contributed by atoms with van der Waals surface area (Å²) >= 11 is 0. The number of nitrogens with zero attached hydrogens (tertiary/aromatic N) is 2. The van der Waals surface area contributed by atoms with E-state index in [4.69, 9.17) is 0 Å². The van der Waals surface area contributed by atoms with E-state index < -0.39 is 21.8 Å². The summed E-state index contributed by atoms with van der Waals surface area (Å²) in [6.45, 7) is 4.91. The third-order valence-electron chi connectivity index (χ3n) is 4.89. The number of halogens is 3. The molecule has 0 spiro atoms. The number of sulfonamides is 1. The molecule has 0 atom stereocenters. The molecule has 1 saturated heterocycles. The lowest BCUT2D eigenvalue weighted by atomic mass is 10.1. The van der Waals surface area contributed by atoms with Crippen LogP contribution >= 0.6 is 0 Å². The smallest absolute Gasteiger partial charge is 0.369 e. The van der Waals surface area contributed by atoms with Crippen molar-refractivity contribution in [1.29, 1.82) is 0 Å². The minimum Gasteiger partial charge on any atom is -0.369 e. The van der Waals surface area contributed by atoms with Gasteiger partial charge in [-0.1, -0.05) is 12.1 Å². The lowest BCUT2D eigenvalue weighted by molar-refractivity contribution is -0.137. The second-order valence-corrected chi connectivity index (χ2v) is 8.62. The quantitative estimate of drug-likeness (QED) is 0.789. The number of rotatable bonds is 3. The van der Waals surface area contributed by atoms with Crippen LogP contribution in [0.4, 0.5) is 18.9 Å². The van der Waals surface area contributed by atoms with Crippen LogP contribution in [0.3, 0.4) is 0 Å². The van der Waals surface area contributed by atoms with E-state index in [1.54, 1.807) is 29.2 Å². The first kappa shape index (κ1) is 19.7. The predicted octanol–water partition coefficient (Wildman–Crippen LogP) is 3.83. The Labute approximate surface area is 157 Å². The Balaban J connectivity index is 1.74. The van der Waals surface area contributed by atoms with E-state index in [1.165, 1.54) is 10.4 Å². The maximum Gasteiger partial charge on any atom is 0.416 e. The predicted molar refractivity (Wildman–Crippen MR) is 98.3 cm³/mol. The molecule has 1 aliphatic rings. The minimum absolute atomic E-state index is 0.228. The van der Waals surface area contributed by atoms with Crippen molar-refractivity contribution in [3.05, 3.63) is 59.2 Å². The Hall–Kier alpha value is -2.06. The van der Waals surface area contributed by atoms with E-state index >= 15 is 0 Å². The first-order valence-corrected chi connectivity index (χ1v) is 10.0. The highest BCUT2D eigenvalue weighted by molar-refractivity contribution is 7.89. The molecule has 0 N–H and O–H groups in total. The van der Waals surface area contributed by atoms with Crippen molar-refractivity contribution in [1.82, 2.24) is 4.31 Å². The molecule has 2 aromatic carbocycles. The molecule has 27 heavy (non-hydrogen) atoms. The highest BCUT2D eigenvalue weighted by Crippen LogP contribution is 2.32. The number of anilines is 1. The molecule has 0 saturated carbocycles. The Bertz CT molecular complexity index is 934. The Morgan fingerprint density at radius 1 is 0.889 bits per heavy atom. The van der Waals surface area contributed by atoms with Gasteiger partial charge in [-0.2, -0.15) is 17.5 Å². The van der Waals surface area contributed by atoms with Gasteiger partial charge in [0.05, 0.1) is 10.5 Å². The summed E-state index contributed by atoms with van der Waals surface area (Å²) in [6, 6.07) is 10.2. The SMILES string of the molecule is Cc1ccc(S(=O)(=O)N2CCN(c3cccc(C(F)(F)F)c3)CC2)cc1C. The van der Waals surface area contributed by atoms with Crippen LogP contribution < -0.4 is 4.90 Å². The lowest BCUT2D eigenvalue weighted by Gasteiger charge is -2.35. The molecule has 0 unspecified atom stereocenters. The fourth-order valence-electron chi connectivity index (χ4n) is 3.09. The van der Waals surface area contributed by atoms with Crippen LogP contribution in [0.2, 0.25) is 0 Å². The van der Waals surface area contributed by atoms with Gasteiger partial charge >= 0.3 is 6.18 Å². The summed E-state index contributed by atoms with van der Waals surface area (Å²) in [7, 11) is -3.61. The molecule has 146 valence electrons. The van der Waals surface area contributed by atoms with Crippen LogP contribution in [0.25, 0.3) is 0 Å². The average molecular weight is 398 g/mol. The summed E-state index contributed by atoms with van der Waals surface area (Å²) in [5.41, 5.74) is 1.67. The number of piperazine rings is 1. The molecule has 3 rings (SSSR count). The van der Waals surface area contributed by atoms with Crippen molar-refractivity contribution in [3.63, 3.8) is 0 Å². The number of hydrogen-bond acceptors (Lipinski definition) is 3. The van der Waals surface area contributed by atoms with E-state index in [0.717, 1.165) is 23.3 Å². The molecule has 0 aliphatic carbocycles. The van der Waals surface area contributed by atoms with Crippen LogP contribution in [0, 0.1) is 13.8 Å². The zero-order valence-electron chi connectivity index (χ0n) is 15.1. The average Bonchev–Trinajstić information content (AvgIpc) is 2.63. The van der Waals surface area contributed by atoms with Crippen molar-refractivity contribution in [2.75, 3.05) is 31.1 Å². The Morgan fingerprint density at radius 3 is 2.15 bits per heavy atom. The summed E-state index contributed by atoms with van der Waals surface area (Å²) < 4.78 is 65.8. The number of alkyl halides is 3. The fraction of sp³-hybridized carbons (Fsp3) is 0.368. The molecule has 1 aliphatic heterocycles. The summed E-state index contributed by atoms with van der Waals surface area (Å²) in [4.78, 5) is 2.03. The molecular formula is C19H21F3N2O2S. The standard InChI is InChI=1S/C19H21F3N2O2S/c1-14-6-7-18(12-15(14)2)27(25,26)24-10-8-23(9-11-24)17-5-3-4-16(13-17)19(20,21)22/h3-7,12-13H,8-11H2,1-2H3. The maximum absolute atomic E-state index is 12.9. The largest absolute Gasteiger partial charge is 0.416 e. The van der Waals surface area contributed by atoms with Gasteiger partial charge < -0.3 is 4.90 Å². The molecule has 1 heterocycles. The summed E-state index contributed by atoms with van der Waals surface area (Å²) in [6.07, 6.45) is -4.40. The molecule has 4 nitrogen and oxygen atoms in total. The molecule has 2 aromatic rings. The third-order valence-corrected chi connectivity index (χ3v) is 6.79. The first-order chi connectivity index (χ1) is 12.6. The van der Waals surface area contributed by atoms with Crippen LogP contribution in [0.5, 0.6) is 0 Å². The van der Waals surface area contributed by atoms with Gasteiger partial charge in [0, 0.05) is 31.9 Å². The van der Waals surface area contributed by atoms with Crippen molar-refractivity contribution < 1.29 is 21.6 Å². The monoisotopic (exact) mass is 398 g/mol. The zero-order valence-corrected chi connectivity index (χ0v) is 15.9. The maximum atomic E-state index is 12.9. The van der Waals surface area contributed by atoms with Crippen molar-refractivity contribution in [3.8, 4) is 0 Å². The molecular weight excluding hydrogens is 377 g/mol. The topological polar surface area (TPSA) is 40.6 Å². The fourth-order valence-corrected chi connectivity index (χ4v) is 4.60. The van der Waals surface area contributed by atoms with Crippen molar-refractivity contribution >= 4 is 15.7 Å². The van der Waals surface area contributed by atoms with Crippen LogP contribution in [0.1, 0.15) is 16.7 Å². The van der Waals surface area contributed by atoms with Gasteiger partial charge in [-0.3, -0.25) is 0 Å². The van der Waals surface area contributed by atoms with E-state index in [1.807, 2.05) is 13.8 Å². The Kier molecular flexibility index (Phi) is 5.22. The molecule has 0 aromatic heterocycles. The number of benzene rings is 2. The number of hydrogen-bond donors (Lipinski definition) is 0. The molecule has 8 heteroatoms. The van der Waals surface area contributed by atoms with Gasteiger partial charge in [0.25, 0.3) is 0 Å². The van der Waals surface area contributed by atoms with E-state index in [2.05, 4.69) is 0 Å². The lowest BCUT2D eigenvalue weighted by Crippen LogP contribution is -2.48. The highest BCUT2D eigenvalue weighted by atomic mass is 32.2. The van der Waals surface area contributed by atoms with Gasteiger partial charge in [0.2, 0.25) is 10.0 Å².